The van der Waals surface area contributed by atoms with Crippen LogP contribution in [0.15, 0.2) is 47.8 Å². The third-order valence-corrected chi connectivity index (χ3v) is 5.39. The average Bonchev–Trinajstić information content (AvgIpc) is 3.11. The van der Waals surface area contributed by atoms with Crippen LogP contribution in [0, 0.1) is 0 Å². The maximum absolute atomic E-state index is 12.8. The molecule has 0 bridgehead atoms. The number of nitrogens with zero attached hydrogens (tertiary/aromatic N) is 5. The second kappa shape index (κ2) is 6.84. The first kappa shape index (κ1) is 16.1. The molecule has 1 amide bonds. The van der Waals surface area contributed by atoms with Crippen LogP contribution in [0.1, 0.15) is 34.9 Å². The van der Waals surface area contributed by atoms with Crippen LogP contribution >= 0.6 is 11.8 Å². The summed E-state index contributed by atoms with van der Waals surface area (Å²) in [5.41, 5.74) is 1.57. The van der Waals surface area contributed by atoms with Crippen LogP contribution in [0.4, 0.5) is 0 Å². The van der Waals surface area contributed by atoms with Crippen LogP contribution in [-0.4, -0.2) is 49.7 Å². The summed E-state index contributed by atoms with van der Waals surface area (Å²) in [5.74, 6) is 1.39. The average molecular weight is 353 g/mol. The van der Waals surface area contributed by atoms with E-state index in [1.54, 1.807) is 6.20 Å². The first-order valence-corrected chi connectivity index (χ1v) is 9.58. The molecule has 1 aliphatic heterocycles. The Bertz CT molecular complexity index is 901. The smallest absolute Gasteiger partial charge is 0.256 e. The SMILES string of the molecule is CSc1ncccc1C(=O)N1CCC(c2nnc3ccccn23)CC1. The van der Waals surface area contributed by atoms with Crippen molar-refractivity contribution in [1.82, 2.24) is 24.5 Å². The van der Waals surface area contributed by atoms with Crippen molar-refractivity contribution in [2.75, 3.05) is 19.3 Å². The summed E-state index contributed by atoms with van der Waals surface area (Å²) in [6, 6.07) is 9.60. The number of hydrogen-bond donors (Lipinski definition) is 0. The summed E-state index contributed by atoms with van der Waals surface area (Å²) >= 11 is 1.51. The van der Waals surface area contributed by atoms with E-state index in [1.165, 1.54) is 11.8 Å². The Morgan fingerprint density at radius 2 is 2.00 bits per heavy atom. The first-order chi connectivity index (χ1) is 12.3. The monoisotopic (exact) mass is 353 g/mol. The van der Waals surface area contributed by atoms with E-state index < -0.39 is 0 Å². The molecule has 25 heavy (non-hydrogen) atoms. The molecule has 1 fully saturated rings. The fraction of sp³-hybridized carbons (Fsp3) is 0.333. The Hall–Kier alpha value is -2.41. The maximum atomic E-state index is 12.8. The zero-order valence-electron chi connectivity index (χ0n) is 14.0. The van der Waals surface area contributed by atoms with Gasteiger partial charge < -0.3 is 4.90 Å². The quantitative estimate of drug-likeness (QED) is 0.678. The Kier molecular flexibility index (Phi) is 4.40. The standard InChI is InChI=1S/C18H19N5OS/c1-25-17-14(5-4-9-19-17)18(24)22-11-7-13(8-12-22)16-21-20-15-6-2-3-10-23(15)16/h2-6,9-10,13H,7-8,11-12H2,1H3. The van der Waals surface area contributed by atoms with E-state index in [2.05, 4.69) is 19.6 Å². The van der Waals surface area contributed by atoms with Gasteiger partial charge in [0.2, 0.25) is 0 Å². The predicted molar refractivity (Wildman–Crippen MR) is 96.9 cm³/mol. The van der Waals surface area contributed by atoms with Gasteiger partial charge in [-0.3, -0.25) is 9.20 Å². The van der Waals surface area contributed by atoms with Crippen molar-refractivity contribution in [3.63, 3.8) is 0 Å². The molecule has 1 aliphatic rings. The Morgan fingerprint density at radius 3 is 2.80 bits per heavy atom. The van der Waals surface area contributed by atoms with Gasteiger partial charge in [0, 0.05) is 31.4 Å². The molecule has 3 aromatic rings. The largest absolute Gasteiger partial charge is 0.339 e. The minimum absolute atomic E-state index is 0.0713. The molecule has 3 aromatic heterocycles. The number of pyridine rings is 2. The minimum Gasteiger partial charge on any atom is -0.339 e. The summed E-state index contributed by atoms with van der Waals surface area (Å²) in [6.07, 6.45) is 7.47. The highest BCUT2D eigenvalue weighted by molar-refractivity contribution is 7.98. The Balaban J connectivity index is 1.49. The number of carbonyl (C=O) groups is 1. The lowest BCUT2D eigenvalue weighted by molar-refractivity contribution is 0.0706. The molecule has 0 saturated carbocycles. The van der Waals surface area contributed by atoms with Crippen molar-refractivity contribution in [3.05, 3.63) is 54.1 Å². The third-order valence-electron chi connectivity index (χ3n) is 4.68. The van der Waals surface area contributed by atoms with Crippen molar-refractivity contribution < 1.29 is 4.79 Å². The van der Waals surface area contributed by atoms with E-state index in [-0.39, 0.29) is 5.91 Å². The number of carbonyl (C=O) groups excluding carboxylic acids is 1. The van der Waals surface area contributed by atoms with Crippen LogP contribution in [0.2, 0.25) is 0 Å². The number of piperidine rings is 1. The second-order valence-electron chi connectivity index (χ2n) is 6.11. The van der Waals surface area contributed by atoms with Crippen molar-refractivity contribution in [1.29, 1.82) is 0 Å². The van der Waals surface area contributed by atoms with Crippen LogP contribution in [0.5, 0.6) is 0 Å². The molecule has 0 unspecified atom stereocenters. The lowest BCUT2D eigenvalue weighted by Crippen LogP contribution is -2.38. The molecule has 0 atom stereocenters. The van der Waals surface area contributed by atoms with Crippen molar-refractivity contribution in [2.24, 2.45) is 0 Å². The van der Waals surface area contributed by atoms with Crippen molar-refractivity contribution >= 4 is 23.3 Å². The van der Waals surface area contributed by atoms with Crippen LogP contribution in [0.3, 0.4) is 0 Å². The van der Waals surface area contributed by atoms with Gasteiger partial charge in [-0.15, -0.1) is 22.0 Å². The van der Waals surface area contributed by atoms with E-state index in [1.807, 2.05) is 47.7 Å². The number of amides is 1. The maximum Gasteiger partial charge on any atom is 0.256 e. The van der Waals surface area contributed by atoms with Crippen molar-refractivity contribution in [2.45, 2.75) is 23.8 Å². The van der Waals surface area contributed by atoms with Gasteiger partial charge in [-0.05, 0) is 43.4 Å². The summed E-state index contributed by atoms with van der Waals surface area (Å²) in [7, 11) is 0. The molecule has 0 radical (unpaired) electrons. The lowest BCUT2D eigenvalue weighted by Gasteiger charge is -2.31. The molecule has 4 heterocycles. The molecule has 128 valence electrons. The first-order valence-electron chi connectivity index (χ1n) is 8.36. The molecule has 4 rings (SSSR count). The molecular formula is C18H19N5OS. The molecule has 7 heteroatoms. The number of rotatable bonds is 3. The van der Waals surface area contributed by atoms with E-state index >= 15 is 0 Å². The van der Waals surface area contributed by atoms with Crippen LogP contribution < -0.4 is 0 Å². The number of likely N-dealkylation sites (tertiary alicyclic amines) is 1. The molecule has 0 aromatic carbocycles. The summed E-state index contributed by atoms with van der Waals surface area (Å²) in [6.45, 7) is 1.46. The third kappa shape index (κ3) is 3.00. The van der Waals surface area contributed by atoms with Gasteiger partial charge in [0.05, 0.1) is 5.56 Å². The zero-order valence-corrected chi connectivity index (χ0v) is 14.8. The molecule has 1 saturated heterocycles. The fourth-order valence-corrected chi connectivity index (χ4v) is 3.91. The highest BCUT2D eigenvalue weighted by Gasteiger charge is 2.28. The Labute approximate surface area is 150 Å². The summed E-state index contributed by atoms with van der Waals surface area (Å²) < 4.78 is 2.05. The van der Waals surface area contributed by atoms with Gasteiger partial charge in [-0.1, -0.05) is 6.07 Å². The van der Waals surface area contributed by atoms with Gasteiger partial charge in [-0.2, -0.15) is 0 Å². The van der Waals surface area contributed by atoms with E-state index in [0.29, 0.717) is 11.5 Å². The van der Waals surface area contributed by atoms with Gasteiger partial charge in [-0.25, -0.2) is 4.98 Å². The Morgan fingerprint density at radius 1 is 1.16 bits per heavy atom. The molecule has 0 N–H and O–H groups in total. The summed E-state index contributed by atoms with van der Waals surface area (Å²) in [4.78, 5) is 19.0. The summed E-state index contributed by atoms with van der Waals surface area (Å²) in [5, 5.41) is 9.40. The number of aromatic nitrogens is 4. The minimum atomic E-state index is 0.0713. The zero-order chi connectivity index (χ0) is 17.2. The van der Waals surface area contributed by atoms with Gasteiger partial charge >= 0.3 is 0 Å². The van der Waals surface area contributed by atoms with Gasteiger partial charge in [0.25, 0.3) is 5.91 Å². The van der Waals surface area contributed by atoms with Crippen molar-refractivity contribution in [3.8, 4) is 0 Å². The number of fused-ring (bicyclic) bond motifs is 1. The second-order valence-corrected chi connectivity index (χ2v) is 6.91. The topological polar surface area (TPSA) is 63.4 Å². The lowest BCUT2D eigenvalue weighted by atomic mass is 9.95. The number of thioether (sulfide) groups is 1. The van der Waals surface area contributed by atoms with E-state index in [4.69, 9.17) is 0 Å². The molecule has 6 nitrogen and oxygen atoms in total. The molecule has 0 spiro atoms. The van der Waals surface area contributed by atoms with E-state index in [9.17, 15) is 4.79 Å². The normalized spacial score (nSPS) is 15.6. The highest BCUT2D eigenvalue weighted by Crippen LogP contribution is 2.28. The predicted octanol–water partition coefficient (Wildman–Crippen LogP) is 2.87. The molecular weight excluding hydrogens is 334 g/mol. The van der Waals surface area contributed by atoms with Gasteiger partial charge in [0.1, 0.15) is 10.9 Å². The van der Waals surface area contributed by atoms with E-state index in [0.717, 1.165) is 42.4 Å². The van der Waals surface area contributed by atoms with Gasteiger partial charge in [0.15, 0.2) is 5.65 Å². The highest BCUT2D eigenvalue weighted by atomic mass is 32.2. The molecule has 0 aliphatic carbocycles. The van der Waals surface area contributed by atoms with Crippen LogP contribution in [0.25, 0.3) is 5.65 Å². The van der Waals surface area contributed by atoms with Crippen LogP contribution in [-0.2, 0) is 0 Å². The fourth-order valence-electron chi connectivity index (χ4n) is 3.37. The number of hydrogen-bond acceptors (Lipinski definition) is 5.